The highest BCUT2D eigenvalue weighted by Crippen LogP contribution is 2.17. The lowest BCUT2D eigenvalue weighted by Crippen LogP contribution is -2.36. The Balaban J connectivity index is 1.62. The largest absolute Gasteiger partial charge is 0.494 e. The minimum absolute atomic E-state index is 0.668. The molecule has 1 aromatic carbocycles. The van der Waals surface area contributed by atoms with E-state index in [2.05, 4.69) is 22.5 Å². The highest BCUT2D eigenvalue weighted by atomic mass is 32.1. The Morgan fingerprint density at radius 1 is 1.35 bits per heavy atom. The van der Waals surface area contributed by atoms with Crippen LogP contribution in [0.1, 0.15) is 33.1 Å². The number of likely N-dealkylation sites (tertiary alicyclic amines) is 1. The predicted octanol–water partition coefficient (Wildman–Crippen LogP) is 3.49. The number of nitrogens with one attached hydrogen (secondary N) is 2. The lowest BCUT2D eigenvalue weighted by Gasteiger charge is -2.30. The minimum Gasteiger partial charge on any atom is -0.494 e. The van der Waals surface area contributed by atoms with Gasteiger partial charge in [-0.05, 0) is 76.1 Å². The summed E-state index contributed by atoms with van der Waals surface area (Å²) in [5, 5.41) is 7.17. The molecule has 1 aliphatic rings. The van der Waals surface area contributed by atoms with Crippen LogP contribution in [0.2, 0.25) is 0 Å². The van der Waals surface area contributed by atoms with Crippen molar-refractivity contribution in [2.75, 3.05) is 38.1 Å². The zero-order valence-corrected chi connectivity index (χ0v) is 15.1. The van der Waals surface area contributed by atoms with E-state index in [1.54, 1.807) is 0 Å². The first-order chi connectivity index (χ1) is 11.2. The molecule has 23 heavy (non-hydrogen) atoms. The van der Waals surface area contributed by atoms with Gasteiger partial charge in [-0.2, -0.15) is 0 Å². The second-order valence-electron chi connectivity index (χ2n) is 6.22. The molecule has 0 bridgehead atoms. The molecule has 0 aliphatic carbocycles. The van der Waals surface area contributed by atoms with Gasteiger partial charge in [-0.1, -0.05) is 13.0 Å². The van der Waals surface area contributed by atoms with Crippen LogP contribution in [-0.2, 0) is 0 Å². The molecule has 128 valence electrons. The van der Waals surface area contributed by atoms with Gasteiger partial charge in [0.1, 0.15) is 5.75 Å². The monoisotopic (exact) mass is 335 g/mol. The Kier molecular flexibility index (Phi) is 7.62. The summed E-state index contributed by atoms with van der Waals surface area (Å²) in [6.07, 6.45) is 3.79. The molecule has 1 heterocycles. The fourth-order valence-electron chi connectivity index (χ4n) is 2.80. The average Bonchev–Trinajstić information content (AvgIpc) is 2.54. The second-order valence-corrected chi connectivity index (χ2v) is 6.63. The van der Waals surface area contributed by atoms with Crippen LogP contribution >= 0.6 is 12.2 Å². The average molecular weight is 336 g/mol. The number of rotatable bonds is 7. The van der Waals surface area contributed by atoms with Crippen LogP contribution in [0.25, 0.3) is 0 Å². The van der Waals surface area contributed by atoms with Gasteiger partial charge in [0.15, 0.2) is 5.11 Å². The van der Waals surface area contributed by atoms with E-state index in [0.29, 0.717) is 11.7 Å². The van der Waals surface area contributed by atoms with Crippen molar-refractivity contribution in [1.82, 2.24) is 10.2 Å². The van der Waals surface area contributed by atoms with Crippen molar-refractivity contribution in [2.45, 2.75) is 33.1 Å². The zero-order chi connectivity index (χ0) is 16.5. The van der Waals surface area contributed by atoms with E-state index in [1.165, 1.54) is 25.9 Å². The van der Waals surface area contributed by atoms with E-state index < -0.39 is 0 Å². The number of piperidine rings is 1. The molecule has 0 unspecified atom stereocenters. The summed E-state index contributed by atoms with van der Waals surface area (Å²) in [5.41, 5.74) is 0.957. The molecular formula is C18H29N3OS. The first-order valence-corrected chi connectivity index (χ1v) is 9.08. The van der Waals surface area contributed by atoms with Crippen molar-refractivity contribution in [3.05, 3.63) is 24.3 Å². The van der Waals surface area contributed by atoms with Crippen molar-refractivity contribution in [1.29, 1.82) is 0 Å². The third kappa shape index (κ3) is 6.75. The maximum atomic E-state index is 5.49. The topological polar surface area (TPSA) is 36.5 Å². The molecule has 0 saturated carbocycles. The molecule has 0 spiro atoms. The fraction of sp³-hybridized carbons (Fsp3) is 0.611. The molecule has 1 fully saturated rings. The van der Waals surface area contributed by atoms with Crippen molar-refractivity contribution >= 4 is 23.0 Å². The Bertz CT molecular complexity index is 487. The van der Waals surface area contributed by atoms with E-state index in [4.69, 9.17) is 17.0 Å². The molecule has 0 radical (unpaired) electrons. The first kappa shape index (κ1) is 18.0. The van der Waals surface area contributed by atoms with Crippen LogP contribution in [0.4, 0.5) is 5.69 Å². The number of benzene rings is 1. The van der Waals surface area contributed by atoms with Gasteiger partial charge in [0, 0.05) is 18.3 Å². The maximum Gasteiger partial charge on any atom is 0.170 e. The zero-order valence-electron chi connectivity index (χ0n) is 14.3. The number of thiocarbonyl (C=S) groups is 1. The fourth-order valence-corrected chi connectivity index (χ4v) is 3.02. The van der Waals surface area contributed by atoms with Crippen LogP contribution in [0.5, 0.6) is 5.75 Å². The van der Waals surface area contributed by atoms with E-state index >= 15 is 0 Å². The van der Waals surface area contributed by atoms with Gasteiger partial charge < -0.3 is 20.3 Å². The molecule has 1 saturated heterocycles. The normalized spacial score (nSPS) is 16.1. The van der Waals surface area contributed by atoms with Crippen molar-refractivity contribution in [3.63, 3.8) is 0 Å². The third-order valence-electron chi connectivity index (χ3n) is 4.22. The lowest BCUT2D eigenvalue weighted by atomic mass is 9.99. The molecule has 0 aromatic heterocycles. The summed E-state index contributed by atoms with van der Waals surface area (Å²) in [7, 11) is 0. The number of ether oxygens (including phenoxy) is 1. The molecule has 2 N–H and O–H groups in total. The van der Waals surface area contributed by atoms with E-state index in [-0.39, 0.29) is 0 Å². The molecule has 4 nitrogen and oxygen atoms in total. The van der Waals surface area contributed by atoms with Crippen LogP contribution < -0.4 is 15.4 Å². The smallest absolute Gasteiger partial charge is 0.170 e. The lowest BCUT2D eigenvalue weighted by molar-refractivity contribution is 0.191. The SMILES string of the molecule is CCOc1cccc(NC(=S)NCCCN2CCC(C)CC2)c1. The Morgan fingerprint density at radius 2 is 2.13 bits per heavy atom. The van der Waals surface area contributed by atoms with Crippen molar-refractivity contribution in [3.8, 4) is 5.75 Å². The second kappa shape index (κ2) is 9.73. The number of hydrogen-bond donors (Lipinski definition) is 2. The molecule has 0 atom stereocenters. The maximum absolute atomic E-state index is 5.49. The molecule has 1 aliphatic heterocycles. The predicted molar refractivity (Wildman–Crippen MR) is 101 cm³/mol. The first-order valence-electron chi connectivity index (χ1n) is 8.67. The van der Waals surface area contributed by atoms with Gasteiger partial charge in [0.05, 0.1) is 6.61 Å². The van der Waals surface area contributed by atoms with Gasteiger partial charge in [-0.25, -0.2) is 0 Å². The van der Waals surface area contributed by atoms with E-state index in [1.807, 2.05) is 31.2 Å². The van der Waals surface area contributed by atoms with Gasteiger partial charge >= 0.3 is 0 Å². The summed E-state index contributed by atoms with van der Waals surface area (Å²) in [5.74, 6) is 1.76. The van der Waals surface area contributed by atoms with E-state index in [9.17, 15) is 0 Å². The van der Waals surface area contributed by atoms with Gasteiger partial charge in [0.2, 0.25) is 0 Å². The van der Waals surface area contributed by atoms with Gasteiger partial charge in [-0.15, -0.1) is 0 Å². The quantitative estimate of drug-likeness (QED) is 0.589. The standard InChI is InChI=1S/C18H29N3OS/c1-3-22-17-7-4-6-16(14-17)20-18(23)19-10-5-11-21-12-8-15(2)9-13-21/h4,6-7,14-15H,3,5,8-13H2,1-2H3,(H2,19,20,23). The van der Waals surface area contributed by atoms with Crippen molar-refractivity contribution < 1.29 is 4.74 Å². The number of anilines is 1. The van der Waals surface area contributed by atoms with Crippen molar-refractivity contribution in [2.24, 2.45) is 5.92 Å². The minimum atomic E-state index is 0.668. The Morgan fingerprint density at radius 3 is 2.87 bits per heavy atom. The molecule has 0 amide bonds. The molecule has 5 heteroatoms. The third-order valence-corrected chi connectivity index (χ3v) is 4.46. The number of hydrogen-bond acceptors (Lipinski definition) is 3. The molecule has 1 aromatic rings. The summed E-state index contributed by atoms with van der Waals surface area (Å²) in [6, 6.07) is 7.87. The van der Waals surface area contributed by atoms with Crippen LogP contribution in [0.3, 0.4) is 0 Å². The summed E-state index contributed by atoms with van der Waals surface area (Å²) >= 11 is 5.35. The van der Waals surface area contributed by atoms with Gasteiger partial charge in [0.25, 0.3) is 0 Å². The summed E-state index contributed by atoms with van der Waals surface area (Å²) in [6.45, 7) is 9.55. The summed E-state index contributed by atoms with van der Waals surface area (Å²) in [4.78, 5) is 2.56. The van der Waals surface area contributed by atoms with E-state index in [0.717, 1.165) is 36.9 Å². The van der Waals surface area contributed by atoms with Crippen LogP contribution in [0.15, 0.2) is 24.3 Å². The van der Waals surface area contributed by atoms with Crippen LogP contribution in [-0.4, -0.2) is 42.8 Å². The number of nitrogens with zero attached hydrogens (tertiary/aromatic N) is 1. The Hall–Kier alpha value is -1.33. The molecular weight excluding hydrogens is 306 g/mol. The highest BCUT2D eigenvalue weighted by molar-refractivity contribution is 7.80. The Labute approximate surface area is 145 Å². The highest BCUT2D eigenvalue weighted by Gasteiger charge is 2.14. The molecule has 2 rings (SSSR count). The van der Waals surface area contributed by atoms with Crippen LogP contribution in [0, 0.1) is 5.92 Å². The summed E-state index contributed by atoms with van der Waals surface area (Å²) < 4.78 is 5.49. The van der Waals surface area contributed by atoms with Gasteiger partial charge in [-0.3, -0.25) is 0 Å².